The zero-order chi connectivity index (χ0) is 13.5. The van der Waals surface area contributed by atoms with Crippen LogP contribution in [-0.2, 0) is 9.59 Å². The molecule has 6 heteroatoms. The fraction of sp³-hybridized carbons (Fsp3) is 0.250. The van der Waals surface area contributed by atoms with Crippen molar-refractivity contribution in [3.05, 3.63) is 29.8 Å². The minimum atomic E-state index is -1.19. The molecule has 0 unspecified atom stereocenters. The smallest absolute Gasteiger partial charge is 0.337 e. The maximum Gasteiger partial charge on any atom is 0.337 e. The van der Waals surface area contributed by atoms with Gasteiger partial charge in [0.15, 0.2) is 0 Å². The van der Waals surface area contributed by atoms with E-state index < -0.39 is 23.2 Å². The van der Waals surface area contributed by atoms with Crippen molar-refractivity contribution in [2.75, 3.05) is 5.01 Å². The summed E-state index contributed by atoms with van der Waals surface area (Å²) in [6.45, 7) is 2.99. The van der Waals surface area contributed by atoms with E-state index in [0.717, 1.165) is 5.01 Å². The summed E-state index contributed by atoms with van der Waals surface area (Å²) in [6.07, 6.45) is 0. The SMILES string of the molecule is CC1(C)C(=O)NN(c2ccccc2C(=O)O)C1=O. The Balaban J connectivity index is 2.49. The van der Waals surface area contributed by atoms with E-state index in [2.05, 4.69) is 5.43 Å². The Kier molecular flexibility index (Phi) is 2.58. The number of nitrogens with one attached hydrogen (secondary N) is 1. The molecule has 2 amide bonds. The van der Waals surface area contributed by atoms with Crippen LogP contribution >= 0.6 is 0 Å². The largest absolute Gasteiger partial charge is 0.478 e. The molecule has 1 fully saturated rings. The maximum atomic E-state index is 12.1. The number of carboxylic acids is 1. The summed E-state index contributed by atoms with van der Waals surface area (Å²) in [4.78, 5) is 34.8. The quantitative estimate of drug-likeness (QED) is 0.757. The topological polar surface area (TPSA) is 86.7 Å². The number of carbonyl (C=O) groups is 3. The Labute approximate surface area is 103 Å². The predicted molar refractivity (Wildman–Crippen MR) is 62.8 cm³/mol. The summed E-state index contributed by atoms with van der Waals surface area (Å²) in [6, 6.07) is 6.01. The second-order valence-corrected chi connectivity index (χ2v) is 4.53. The van der Waals surface area contributed by atoms with Crippen LogP contribution in [0.5, 0.6) is 0 Å². The monoisotopic (exact) mass is 248 g/mol. The molecule has 1 aromatic rings. The molecule has 0 radical (unpaired) electrons. The number of anilines is 1. The third kappa shape index (κ3) is 1.62. The summed E-state index contributed by atoms with van der Waals surface area (Å²) in [7, 11) is 0. The molecule has 1 aliphatic rings. The van der Waals surface area contributed by atoms with E-state index in [0.29, 0.717) is 0 Å². The van der Waals surface area contributed by atoms with E-state index in [1.54, 1.807) is 12.1 Å². The fourth-order valence-electron chi connectivity index (χ4n) is 1.69. The van der Waals surface area contributed by atoms with Crippen LogP contribution in [-0.4, -0.2) is 22.9 Å². The zero-order valence-electron chi connectivity index (χ0n) is 9.93. The van der Waals surface area contributed by atoms with Crippen LogP contribution in [0.25, 0.3) is 0 Å². The van der Waals surface area contributed by atoms with Crippen LogP contribution in [0.1, 0.15) is 24.2 Å². The van der Waals surface area contributed by atoms with Gasteiger partial charge in [0.1, 0.15) is 5.41 Å². The summed E-state index contributed by atoms with van der Waals surface area (Å²) < 4.78 is 0. The van der Waals surface area contributed by atoms with Crippen molar-refractivity contribution in [3.8, 4) is 0 Å². The highest BCUT2D eigenvalue weighted by Gasteiger charge is 2.48. The number of hydrogen-bond acceptors (Lipinski definition) is 3. The number of hydrazine groups is 1. The van der Waals surface area contributed by atoms with Gasteiger partial charge in [-0.3, -0.25) is 15.0 Å². The molecule has 6 nitrogen and oxygen atoms in total. The van der Waals surface area contributed by atoms with Gasteiger partial charge >= 0.3 is 5.97 Å². The highest BCUT2D eigenvalue weighted by molar-refractivity contribution is 6.18. The van der Waals surface area contributed by atoms with Crippen LogP contribution in [0.3, 0.4) is 0 Å². The van der Waals surface area contributed by atoms with Crippen molar-refractivity contribution in [2.24, 2.45) is 5.41 Å². The van der Waals surface area contributed by atoms with Gasteiger partial charge in [-0.05, 0) is 26.0 Å². The molecule has 0 aliphatic carbocycles. The molecule has 94 valence electrons. The molecule has 1 aromatic carbocycles. The van der Waals surface area contributed by atoms with Crippen molar-refractivity contribution < 1.29 is 19.5 Å². The van der Waals surface area contributed by atoms with Crippen molar-refractivity contribution >= 4 is 23.5 Å². The normalized spacial score (nSPS) is 17.8. The molecule has 0 bridgehead atoms. The van der Waals surface area contributed by atoms with Gasteiger partial charge in [0.2, 0.25) is 0 Å². The highest BCUT2D eigenvalue weighted by Crippen LogP contribution is 2.30. The van der Waals surface area contributed by atoms with Gasteiger partial charge in [-0.15, -0.1) is 0 Å². The van der Waals surface area contributed by atoms with Crippen LogP contribution in [0, 0.1) is 5.41 Å². The van der Waals surface area contributed by atoms with E-state index in [1.807, 2.05) is 0 Å². The molecule has 1 heterocycles. The molecular weight excluding hydrogens is 236 g/mol. The first kappa shape index (κ1) is 12.1. The van der Waals surface area contributed by atoms with Gasteiger partial charge in [-0.2, -0.15) is 0 Å². The molecule has 0 atom stereocenters. The summed E-state index contributed by atoms with van der Waals surface area (Å²) in [5.74, 6) is -2.08. The lowest BCUT2D eigenvalue weighted by atomic mass is 9.93. The van der Waals surface area contributed by atoms with E-state index in [1.165, 1.54) is 26.0 Å². The van der Waals surface area contributed by atoms with Gasteiger partial charge < -0.3 is 5.11 Å². The Hall–Kier alpha value is -2.37. The van der Waals surface area contributed by atoms with E-state index in [-0.39, 0.29) is 11.3 Å². The maximum absolute atomic E-state index is 12.1. The lowest BCUT2D eigenvalue weighted by Crippen LogP contribution is -2.37. The van der Waals surface area contributed by atoms with E-state index in [9.17, 15) is 14.4 Å². The Morgan fingerprint density at radius 2 is 1.89 bits per heavy atom. The van der Waals surface area contributed by atoms with Crippen LogP contribution in [0.15, 0.2) is 24.3 Å². The Morgan fingerprint density at radius 3 is 2.39 bits per heavy atom. The highest BCUT2D eigenvalue weighted by atomic mass is 16.4. The standard InChI is InChI=1S/C12H12N2O4/c1-12(2)10(17)13-14(11(12)18)8-6-4-3-5-7(8)9(15)16/h3-6H,1-2H3,(H,13,17)(H,15,16). The van der Waals surface area contributed by atoms with Crippen molar-refractivity contribution in [2.45, 2.75) is 13.8 Å². The molecule has 0 saturated carbocycles. The van der Waals surface area contributed by atoms with Gasteiger partial charge in [0.05, 0.1) is 11.3 Å². The molecule has 0 aromatic heterocycles. The first-order chi connectivity index (χ1) is 8.35. The number of benzene rings is 1. The molecule has 2 rings (SSSR count). The number of amides is 2. The first-order valence-electron chi connectivity index (χ1n) is 5.33. The molecule has 0 spiro atoms. The summed E-state index contributed by atoms with van der Waals surface area (Å²) in [5, 5.41) is 10.0. The molecule has 2 N–H and O–H groups in total. The van der Waals surface area contributed by atoms with E-state index >= 15 is 0 Å². The second kappa shape index (κ2) is 3.83. The number of para-hydroxylation sites is 1. The van der Waals surface area contributed by atoms with Gasteiger partial charge in [0.25, 0.3) is 11.8 Å². The van der Waals surface area contributed by atoms with Crippen LogP contribution in [0.4, 0.5) is 5.69 Å². The predicted octanol–water partition coefficient (Wildman–Crippen LogP) is 0.789. The minimum Gasteiger partial charge on any atom is -0.478 e. The van der Waals surface area contributed by atoms with Crippen LogP contribution in [0.2, 0.25) is 0 Å². The van der Waals surface area contributed by atoms with Crippen molar-refractivity contribution in [1.82, 2.24) is 5.43 Å². The number of nitrogens with zero attached hydrogens (tertiary/aromatic N) is 1. The first-order valence-corrected chi connectivity index (χ1v) is 5.33. The van der Waals surface area contributed by atoms with Gasteiger partial charge in [-0.25, -0.2) is 9.80 Å². The number of hydrogen-bond donors (Lipinski definition) is 2. The third-order valence-electron chi connectivity index (χ3n) is 2.89. The van der Waals surface area contributed by atoms with Gasteiger partial charge in [0, 0.05) is 0 Å². The third-order valence-corrected chi connectivity index (χ3v) is 2.89. The minimum absolute atomic E-state index is 0.0381. The molecule has 18 heavy (non-hydrogen) atoms. The molecular formula is C12H12N2O4. The van der Waals surface area contributed by atoms with Gasteiger partial charge in [-0.1, -0.05) is 12.1 Å². The van der Waals surface area contributed by atoms with Crippen molar-refractivity contribution in [1.29, 1.82) is 0 Å². The lowest BCUT2D eigenvalue weighted by molar-refractivity contribution is -0.133. The van der Waals surface area contributed by atoms with Crippen LogP contribution < -0.4 is 10.4 Å². The molecule has 1 saturated heterocycles. The molecule has 1 aliphatic heterocycles. The van der Waals surface area contributed by atoms with E-state index in [4.69, 9.17) is 5.11 Å². The average molecular weight is 248 g/mol. The fourth-order valence-corrected chi connectivity index (χ4v) is 1.69. The Morgan fingerprint density at radius 1 is 1.28 bits per heavy atom. The average Bonchev–Trinajstić information content (AvgIpc) is 2.53. The lowest BCUT2D eigenvalue weighted by Gasteiger charge is -2.18. The number of carbonyl (C=O) groups excluding carboxylic acids is 2. The Bertz CT molecular complexity index is 551. The number of rotatable bonds is 2. The number of aromatic carboxylic acids is 1. The van der Waals surface area contributed by atoms with Crippen molar-refractivity contribution in [3.63, 3.8) is 0 Å². The summed E-state index contributed by atoms with van der Waals surface area (Å²) in [5.41, 5.74) is 1.32. The number of carboxylic acid groups (broad SMARTS) is 1. The second-order valence-electron chi connectivity index (χ2n) is 4.53. The summed E-state index contributed by atoms with van der Waals surface area (Å²) >= 11 is 0. The zero-order valence-corrected chi connectivity index (χ0v) is 9.93.